The number of carboxylic acid groups (broad SMARTS) is 1. The number of hydrogen-bond acceptors (Lipinski definition) is 2. The van der Waals surface area contributed by atoms with Gasteiger partial charge in [0, 0.05) is 6.42 Å². The van der Waals surface area contributed by atoms with E-state index in [2.05, 4.69) is 22.6 Å². The largest absolute Gasteiger partial charge is 0.495 e. The maximum atomic E-state index is 10.4. The number of halogens is 1. The second kappa shape index (κ2) is 5.19. The predicted octanol–water partition coefficient (Wildman–Crippen LogP) is 2.32. The first-order valence-electron chi connectivity index (χ1n) is 4.18. The van der Waals surface area contributed by atoms with Crippen LogP contribution in [-0.4, -0.2) is 18.2 Å². The molecule has 0 spiro atoms. The summed E-state index contributed by atoms with van der Waals surface area (Å²) < 4.78 is 6.22. The molecule has 0 saturated heterocycles. The zero-order valence-electron chi connectivity index (χ0n) is 7.79. The van der Waals surface area contributed by atoms with Gasteiger partial charge in [0.05, 0.1) is 10.7 Å². The predicted molar refractivity (Wildman–Crippen MR) is 61.7 cm³/mol. The maximum Gasteiger partial charge on any atom is 0.303 e. The minimum atomic E-state index is -0.786. The van der Waals surface area contributed by atoms with E-state index in [4.69, 9.17) is 9.84 Å². The summed E-state index contributed by atoms with van der Waals surface area (Å²) in [6.07, 6.45) is 0.645. The third-order valence-electron chi connectivity index (χ3n) is 1.86. The molecular formula is C10H11IO3. The Bertz CT molecular complexity index is 336. The van der Waals surface area contributed by atoms with E-state index >= 15 is 0 Å². The molecule has 0 atom stereocenters. The molecule has 0 amide bonds. The summed E-state index contributed by atoms with van der Waals surface area (Å²) in [5.74, 6) is 0.000245. The van der Waals surface area contributed by atoms with Gasteiger partial charge in [0.25, 0.3) is 0 Å². The number of aryl methyl sites for hydroxylation is 1. The summed E-state index contributed by atoms with van der Waals surface area (Å²) >= 11 is 2.17. The highest BCUT2D eigenvalue weighted by molar-refractivity contribution is 14.1. The molecule has 1 N–H and O–H groups in total. The van der Waals surface area contributed by atoms with Crippen LogP contribution in [0, 0.1) is 3.57 Å². The average molecular weight is 306 g/mol. The van der Waals surface area contributed by atoms with Crippen molar-refractivity contribution in [3.05, 3.63) is 27.3 Å². The first kappa shape index (κ1) is 11.3. The van der Waals surface area contributed by atoms with Crippen molar-refractivity contribution in [1.29, 1.82) is 0 Å². The Balaban J connectivity index is 2.85. The number of hydrogen-bond donors (Lipinski definition) is 1. The van der Waals surface area contributed by atoms with Crippen LogP contribution in [0.15, 0.2) is 18.2 Å². The zero-order valence-corrected chi connectivity index (χ0v) is 9.95. The van der Waals surface area contributed by atoms with Gasteiger partial charge in [-0.25, -0.2) is 0 Å². The number of carbonyl (C=O) groups is 1. The Morgan fingerprint density at radius 2 is 2.29 bits per heavy atom. The smallest absolute Gasteiger partial charge is 0.303 e. The topological polar surface area (TPSA) is 46.5 Å². The van der Waals surface area contributed by atoms with Gasteiger partial charge in [0.15, 0.2) is 0 Å². The van der Waals surface area contributed by atoms with Crippen molar-refractivity contribution in [2.75, 3.05) is 7.11 Å². The quantitative estimate of drug-likeness (QED) is 0.868. The fraction of sp³-hybridized carbons (Fsp3) is 0.300. The Morgan fingerprint density at radius 1 is 1.57 bits per heavy atom. The number of benzene rings is 1. The van der Waals surface area contributed by atoms with Gasteiger partial charge in [0.2, 0.25) is 0 Å². The second-order valence-corrected chi connectivity index (χ2v) is 3.99. The summed E-state index contributed by atoms with van der Waals surface area (Å²) in [4.78, 5) is 10.4. The van der Waals surface area contributed by atoms with Gasteiger partial charge in [-0.3, -0.25) is 4.79 Å². The second-order valence-electron chi connectivity index (χ2n) is 2.83. The Hall–Kier alpha value is -0.780. The molecule has 1 rings (SSSR count). The van der Waals surface area contributed by atoms with Crippen molar-refractivity contribution in [2.45, 2.75) is 12.8 Å². The summed E-state index contributed by atoms with van der Waals surface area (Å²) in [7, 11) is 1.60. The van der Waals surface area contributed by atoms with Gasteiger partial charge in [-0.2, -0.15) is 0 Å². The van der Waals surface area contributed by atoms with E-state index in [9.17, 15) is 4.79 Å². The lowest BCUT2D eigenvalue weighted by molar-refractivity contribution is -0.136. The van der Waals surface area contributed by atoms with Crippen LogP contribution in [0.3, 0.4) is 0 Å². The molecule has 0 fully saturated rings. The molecule has 1 aromatic carbocycles. The van der Waals surface area contributed by atoms with Gasteiger partial charge >= 0.3 is 5.97 Å². The molecule has 4 heteroatoms. The van der Waals surface area contributed by atoms with E-state index in [1.807, 2.05) is 18.2 Å². The SMILES string of the molecule is COc1c(I)cccc1CCC(=O)O. The summed E-state index contributed by atoms with van der Waals surface area (Å²) in [6.45, 7) is 0. The van der Waals surface area contributed by atoms with E-state index in [-0.39, 0.29) is 6.42 Å². The maximum absolute atomic E-state index is 10.4. The highest BCUT2D eigenvalue weighted by Gasteiger charge is 2.07. The summed E-state index contributed by atoms with van der Waals surface area (Å²) in [5.41, 5.74) is 0.946. The van der Waals surface area contributed by atoms with Crippen molar-refractivity contribution in [3.8, 4) is 5.75 Å². The van der Waals surface area contributed by atoms with Gasteiger partial charge in [-0.1, -0.05) is 12.1 Å². The van der Waals surface area contributed by atoms with E-state index in [1.165, 1.54) is 0 Å². The lowest BCUT2D eigenvalue weighted by Crippen LogP contribution is -2.00. The first-order valence-corrected chi connectivity index (χ1v) is 5.26. The molecule has 76 valence electrons. The van der Waals surface area contributed by atoms with Crippen LogP contribution in [-0.2, 0) is 11.2 Å². The molecule has 1 aromatic rings. The molecule has 3 nitrogen and oxygen atoms in total. The van der Waals surface area contributed by atoms with Crippen LogP contribution in [0.2, 0.25) is 0 Å². The van der Waals surface area contributed by atoms with Crippen LogP contribution >= 0.6 is 22.6 Å². The minimum absolute atomic E-state index is 0.135. The number of rotatable bonds is 4. The Morgan fingerprint density at radius 3 is 2.86 bits per heavy atom. The molecule has 0 radical (unpaired) electrons. The lowest BCUT2D eigenvalue weighted by Gasteiger charge is -2.08. The fourth-order valence-electron chi connectivity index (χ4n) is 1.22. The monoisotopic (exact) mass is 306 g/mol. The zero-order chi connectivity index (χ0) is 10.6. The molecule has 0 unspecified atom stereocenters. The van der Waals surface area contributed by atoms with E-state index in [1.54, 1.807) is 7.11 Å². The van der Waals surface area contributed by atoms with Gasteiger partial charge in [-0.15, -0.1) is 0 Å². The molecule has 0 aliphatic heterocycles. The normalized spacial score (nSPS) is 9.86. The van der Waals surface area contributed by atoms with Crippen molar-refractivity contribution < 1.29 is 14.6 Å². The molecular weight excluding hydrogens is 295 g/mol. The van der Waals surface area contributed by atoms with E-state index in [0.29, 0.717) is 6.42 Å². The van der Waals surface area contributed by atoms with Gasteiger partial charge < -0.3 is 9.84 Å². The van der Waals surface area contributed by atoms with Crippen LogP contribution in [0.25, 0.3) is 0 Å². The van der Waals surface area contributed by atoms with Crippen molar-refractivity contribution >= 4 is 28.6 Å². The van der Waals surface area contributed by atoms with Crippen molar-refractivity contribution in [3.63, 3.8) is 0 Å². The van der Waals surface area contributed by atoms with Crippen molar-refractivity contribution in [1.82, 2.24) is 0 Å². The molecule has 0 bridgehead atoms. The van der Waals surface area contributed by atoms with E-state index in [0.717, 1.165) is 14.9 Å². The highest BCUT2D eigenvalue weighted by Crippen LogP contribution is 2.26. The Kier molecular flexibility index (Phi) is 4.19. The highest BCUT2D eigenvalue weighted by atomic mass is 127. The van der Waals surface area contributed by atoms with Crippen LogP contribution in [0.5, 0.6) is 5.75 Å². The minimum Gasteiger partial charge on any atom is -0.495 e. The first-order chi connectivity index (χ1) is 6.65. The number of ether oxygens (including phenoxy) is 1. The fourth-order valence-corrected chi connectivity index (χ4v) is 1.99. The van der Waals surface area contributed by atoms with Crippen LogP contribution < -0.4 is 4.74 Å². The molecule has 0 heterocycles. The molecule has 0 aromatic heterocycles. The van der Waals surface area contributed by atoms with Crippen LogP contribution in [0.4, 0.5) is 0 Å². The third kappa shape index (κ3) is 2.87. The number of methoxy groups -OCH3 is 1. The summed E-state index contributed by atoms with van der Waals surface area (Å²) in [5, 5.41) is 8.57. The number of para-hydroxylation sites is 1. The van der Waals surface area contributed by atoms with E-state index < -0.39 is 5.97 Å². The number of aliphatic carboxylic acids is 1. The van der Waals surface area contributed by atoms with Crippen LogP contribution in [0.1, 0.15) is 12.0 Å². The van der Waals surface area contributed by atoms with Gasteiger partial charge in [-0.05, 0) is 40.6 Å². The summed E-state index contributed by atoms with van der Waals surface area (Å²) in [6, 6.07) is 5.73. The molecule has 0 aliphatic carbocycles. The lowest BCUT2D eigenvalue weighted by atomic mass is 10.1. The average Bonchev–Trinajstić information content (AvgIpc) is 2.14. The molecule has 0 aliphatic rings. The third-order valence-corrected chi connectivity index (χ3v) is 2.71. The van der Waals surface area contributed by atoms with Crippen molar-refractivity contribution in [2.24, 2.45) is 0 Å². The standard InChI is InChI=1S/C10H11IO3/c1-14-10-7(5-6-9(12)13)3-2-4-8(10)11/h2-4H,5-6H2,1H3,(H,12,13). The number of carboxylic acids is 1. The van der Waals surface area contributed by atoms with Gasteiger partial charge in [0.1, 0.15) is 5.75 Å². The molecule has 0 saturated carbocycles. The molecule has 14 heavy (non-hydrogen) atoms. The Labute approximate surface area is 96.2 Å².